The average molecular weight is 376 g/mol. The highest BCUT2D eigenvalue weighted by Crippen LogP contribution is 2.32. The van der Waals surface area contributed by atoms with Crippen LogP contribution in [0.1, 0.15) is 16.8 Å². The summed E-state index contributed by atoms with van der Waals surface area (Å²) >= 11 is 1.59. The molecule has 0 spiro atoms. The Morgan fingerprint density at radius 1 is 1.04 bits per heavy atom. The largest absolute Gasteiger partial charge is 0.497 e. The van der Waals surface area contributed by atoms with Crippen molar-refractivity contribution in [2.45, 2.75) is 20.8 Å². The highest BCUT2D eigenvalue weighted by Gasteiger charge is 2.17. The molecule has 4 rings (SSSR count). The number of aromatic nitrogens is 4. The first kappa shape index (κ1) is 17.4. The number of thiazole rings is 1. The molecule has 136 valence electrons. The molecule has 2 aromatic carbocycles. The van der Waals surface area contributed by atoms with E-state index in [0.717, 1.165) is 39.1 Å². The molecule has 0 N–H and O–H groups in total. The molecule has 0 fully saturated rings. The van der Waals surface area contributed by atoms with Crippen molar-refractivity contribution in [2.24, 2.45) is 0 Å². The number of rotatable bonds is 4. The fourth-order valence-corrected chi connectivity index (χ4v) is 3.98. The van der Waals surface area contributed by atoms with Crippen LogP contribution in [0.4, 0.5) is 0 Å². The van der Waals surface area contributed by atoms with E-state index in [1.807, 2.05) is 35.9 Å². The summed E-state index contributed by atoms with van der Waals surface area (Å²) in [6.07, 6.45) is 0. The molecular weight excluding hydrogens is 356 g/mol. The Hall–Kier alpha value is -2.99. The van der Waals surface area contributed by atoms with Crippen molar-refractivity contribution in [2.75, 3.05) is 7.11 Å². The van der Waals surface area contributed by atoms with E-state index in [2.05, 4.69) is 47.7 Å². The molecule has 27 heavy (non-hydrogen) atoms. The lowest BCUT2D eigenvalue weighted by atomic mass is 10.0. The summed E-state index contributed by atoms with van der Waals surface area (Å²) in [5.41, 5.74) is 7.27. The minimum atomic E-state index is 0.787. The predicted octanol–water partition coefficient (Wildman–Crippen LogP) is 4.99. The molecule has 2 aromatic heterocycles. The molecule has 0 saturated carbocycles. The Balaban J connectivity index is 1.71. The Bertz CT molecular complexity index is 1110. The zero-order chi connectivity index (χ0) is 19.0. The number of nitrogens with zero attached hydrogens (tertiary/aromatic N) is 4. The molecule has 4 aromatic rings. The van der Waals surface area contributed by atoms with E-state index in [4.69, 9.17) is 9.72 Å². The predicted molar refractivity (Wildman–Crippen MR) is 109 cm³/mol. The number of benzene rings is 2. The summed E-state index contributed by atoms with van der Waals surface area (Å²) in [5, 5.41) is 11.7. The zero-order valence-electron chi connectivity index (χ0n) is 15.7. The lowest BCUT2D eigenvalue weighted by Gasteiger charge is -2.05. The molecular formula is C21H20N4OS. The first-order valence-electron chi connectivity index (χ1n) is 8.67. The van der Waals surface area contributed by atoms with Gasteiger partial charge in [0.25, 0.3) is 0 Å². The normalized spacial score (nSPS) is 11.0. The SMILES string of the molecule is COc1cccc(-n2nnc(-c3nc(-c4ccc(C)cc4C)cs3)c2C)c1. The third kappa shape index (κ3) is 3.24. The van der Waals surface area contributed by atoms with Crippen LogP contribution in [0.25, 0.3) is 27.6 Å². The van der Waals surface area contributed by atoms with Crippen LogP contribution in [0.2, 0.25) is 0 Å². The van der Waals surface area contributed by atoms with Crippen molar-refractivity contribution < 1.29 is 4.74 Å². The number of methoxy groups -OCH3 is 1. The maximum absolute atomic E-state index is 5.31. The molecule has 0 aliphatic rings. The average Bonchev–Trinajstić information content (AvgIpc) is 3.28. The maximum Gasteiger partial charge on any atom is 0.146 e. The van der Waals surface area contributed by atoms with Gasteiger partial charge in [0.05, 0.1) is 24.2 Å². The third-order valence-electron chi connectivity index (χ3n) is 4.56. The molecule has 0 saturated heterocycles. The zero-order valence-corrected chi connectivity index (χ0v) is 16.5. The Labute approximate surface area is 162 Å². The van der Waals surface area contributed by atoms with Crippen molar-refractivity contribution in [3.63, 3.8) is 0 Å². The summed E-state index contributed by atoms with van der Waals surface area (Å²) in [7, 11) is 1.66. The van der Waals surface area contributed by atoms with E-state index in [-0.39, 0.29) is 0 Å². The van der Waals surface area contributed by atoms with Crippen LogP contribution in [-0.2, 0) is 0 Å². The molecule has 6 heteroatoms. The van der Waals surface area contributed by atoms with Crippen molar-refractivity contribution in [3.8, 4) is 33.4 Å². The van der Waals surface area contributed by atoms with Crippen molar-refractivity contribution in [3.05, 3.63) is 64.7 Å². The van der Waals surface area contributed by atoms with Crippen LogP contribution < -0.4 is 4.74 Å². The van der Waals surface area contributed by atoms with Crippen LogP contribution in [0.5, 0.6) is 5.75 Å². The number of ether oxygens (including phenoxy) is 1. The van der Waals surface area contributed by atoms with Gasteiger partial charge in [0, 0.05) is 17.0 Å². The maximum atomic E-state index is 5.31. The van der Waals surface area contributed by atoms with Crippen LogP contribution in [0, 0.1) is 20.8 Å². The summed E-state index contributed by atoms with van der Waals surface area (Å²) < 4.78 is 7.12. The standard InChI is InChI=1S/C21H20N4OS/c1-13-8-9-18(14(2)10-13)19-12-27-21(22-19)20-15(3)25(24-23-20)16-6-5-7-17(11-16)26-4/h5-12H,1-4H3. The highest BCUT2D eigenvalue weighted by atomic mass is 32.1. The molecule has 0 aliphatic carbocycles. The fraction of sp³-hybridized carbons (Fsp3) is 0.190. The highest BCUT2D eigenvalue weighted by molar-refractivity contribution is 7.13. The Morgan fingerprint density at radius 2 is 1.89 bits per heavy atom. The second-order valence-electron chi connectivity index (χ2n) is 6.49. The van der Waals surface area contributed by atoms with E-state index in [9.17, 15) is 0 Å². The molecule has 0 atom stereocenters. The molecule has 0 bridgehead atoms. The topological polar surface area (TPSA) is 52.8 Å². The Morgan fingerprint density at radius 3 is 2.67 bits per heavy atom. The van der Waals surface area contributed by atoms with Gasteiger partial charge in [-0.25, -0.2) is 9.67 Å². The summed E-state index contributed by atoms with van der Waals surface area (Å²) in [4.78, 5) is 4.82. The van der Waals surface area contributed by atoms with E-state index < -0.39 is 0 Å². The Kier molecular flexibility index (Phi) is 4.49. The van der Waals surface area contributed by atoms with Crippen molar-refractivity contribution in [1.29, 1.82) is 0 Å². The second kappa shape index (κ2) is 6.96. The number of hydrogen-bond acceptors (Lipinski definition) is 5. The van der Waals surface area contributed by atoms with Gasteiger partial charge in [-0.15, -0.1) is 16.4 Å². The molecule has 0 aliphatic heterocycles. The molecule has 0 unspecified atom stereocenters. The minimum Gasteiger partial charge on any atom is -0.497 e. The molecule has 0 radical (unpaired) electrons. The van der Waals surface area contributed by atoms with Crippen molar-refractivity contribution in [1.82, 2.24) is 20.0 Å². The van der Waals surface area contributed by atoms with Gasteiger partial charge in [-0.3, -0.25) is 0 Å². The van der Waals surface area contributed by atoms with Gasteiger partial charge in [-0.05, 0) is 38.5 Å². The lowest BCUT2D eigenvalue weighted by molar-refractivity contribution is 0.414. The van der Waals surface area contributed by atoms with E-state index >= 15 is 0 Å². The number of aryl methyl sites for hydroxylation is 2. The van der Waals surface area contributed by atoms with Gasteiger partial charge in [-0.2, -0.15) is 0 Å². The fourth-order valence-electron chi connectivity index (χ4n) is 3.12. The van der Waals surface area contributed by atoms with E-state index in [0.29, 0.717) is 0 Å². The molecule has 2 heterocycles. The molecule has 0 amide bonds. The van der Waals surface area contributed by atoms with Crippen LogP contribution in [0.15, 0.2) is 47.8 Å². The van der Waals surface area contributed by atoms with Crippen molar-refractivity contribution >= 4 is 11.3 Å². The van der Waals surface area contributed by atoms with Crippen LogP contribution in [0.3, 0.4) is 0 Å². The van der Waals surface area contributed by atoms with Gasteiger partial charge in [0.1, 0.15) is 16.5 Å². The summed E-state index contributed by atoms with van der Waals surface area (Å²) in [6.45, 7) is 6.22. The quantitative estimate of drug-likeness (QED) is 0.503. The summed E-state index contributed by atoms with van der Waals surface area (Å²) in [6, 6.07) is 14.2. The third-order valence-corrected chi connectivity index (χ3v) is 5.41. The monoisotopic (exact) mass is 376 g/mol. The lowest BCUT2D eigenvalue weighted by Crippen LogP contribution is -1.99. The second-order valence-corrected chi connectivity index (χ2v) is 7.35. The van der Waals surface area contributed by atoms with Crippen LogP contribution in [-0.4, -0.2) is 27.1 Å². The first-order valence-corrected chi connectivity index (χ1v) is 9.55. The number of hydrogen-bond donors (Lipinski definition) is 0. The van der Waals surface area contributed by atoms with Gasteiger partial charge in [-0.1, -0.05) is 35.0 Å². The van der Waals surface area contributed by atoms with Gasteiger partial charge < -0.3 is 4.74 Å². The summed E-state index contributed by atoms with van der Waals surface area (Å²) in [5.74, 6) is 0.787. The molecule has 5 nitrogen and oxygen atoms in total. The van der Waals surface area contributed by atoms with E-state index in [1.165, 1.54) is 11.1 Å². The van der Waals surface area contributed by atoms with Gasteiger partial charge in [0.15, 0.2) is 0 Å². The van der Waals surface area contributed by atoms with E-state index in [1.54, 1.807) is 18.4 Å². The smallest absolute Gasteiger partial charge is 0.146 e. The first-order chi connectivity index (χ1) is 13.1. The minimum absolute atomic E-state index is 0.787. The van der Waals surface area contributed by atoms with Gasteiger partial charge in [0.2, 0.25) is 0 Å². The van der Waals surface area contributed by atoms with Crippen LogP contribution >= 0.6 is 11.3 Å². The van der Waals surface area contributed by atoms with Gasteiger partial charge >= 0.3 is 0 Å².